The summed E-state index contributed by atoms with van der Waals surface area (Å²) in [5.74, 6) is 0. The molecule has 3 nitrogen and oxygen atoms in total. The summed E-state index contributed by atoms with van der Waals surface area (Å²) in [4.78, 5) is 0. The lowest BCUT2D eigenvalue weighted by atomic mass is 10.1. The quantitative estimate of drug-likeness (QED) is 0.737. The number of nitrogens with zero attached hydrogens (tertiary/aromatic N) is 2. The molecule has 0 saturated carbocycles. The van der Waals surface area contributed by atoms with E-state index >= 15 is 0 Å². The maximum atomic E-state index is 4.57. The highest BCUT2D eigenvalue weighted by molar-refractivity contribution is 4.99. The molecule has 0 fully saturated rings. The Kier molecular flexibility index (Phi) is 5.69. The van der Waals surface area contributed by atoms with E-state index in [-0.39, 0.29) is 5.54 Å². The zero-order chi connectivity index (χ0) is 12.7. The Morgan fingerprint density at radius 1 is 1.24 bits per heavy atom. The van der Waals surface area contributed by atoms with E-state index in [1.807, 2.05) is 0 Å². The second-order valence-corrected chi connectivity index (χ2v) is 5.73. The van der Waals surface area contributed by atoms with Gasteiger partial charge in [-0.1, -0.05) is 26.2 Å². The van der Waals surface area contributed by atoms with Crippen LogP contribution in [-0.4, -0.2) is 15.3 Å². The van der Waals surface area contributed by atoms with E-state index < -0.39 is 0 Å². The lowest BCUT2D eigenvalue weighted by molar-refractivity contribution is 0.418. The summed E-state index contributed by atoms with van der Waals surface area (Å²) in [7, 11) is 0. The maximum absolute atomic E-state index is 4.57. The molecule has 0 aliphatic heterocycles. The molecule has 3 heteroatoms. The van der Waals surface area contributed by atoms with Gasteiger partial charge in [-0.15, -0.1) is 0 Å². The number of nitrogens with one attached hydrogen (secondary N) is 1. The van der Waals surface area contributed by atoms with Crippen LogP contribution in [0.4, 0.5) is 0 Å². The number of hydrogen-bond acceptors (Lipinski definition) is 2. The number of hydrogen-bond donors (Lipinski definition) is 1. The van der Waals surface area contributed by atoms with E-state index in [9.17, 15) is 0 Å². The third-order valence-electron chi connectivity index (χ3n) is 2.74. The molecule has 98 valence electrons. The zero-order valence-corrected chi connectivity index (χ0v) is 11.8. The summed E-state index contributed by atoms with van der Waals surface area (Å²) < 4.78 is 2.06. The fourth-order valence-corrected chi connectivity index (χ4v) is 1.68. The number of aromatic nitrogens is 2. The van der Waals surface area contributed by atoms with Gasteiger partial charge in [0.05, 0.1) is 5.69 Å². The van der Waals surface area contributed by atoms with Crippen LogP contribution in [0.3, 0.4) is 0 Å². The van der Waals surface area contributed by atoms with Crippen molar-refractivity contribution in [1.82, 2.24) is 15.1 Å². The van der Waals surface area contributed by atoms with Gasteiger partial charge in [0, 0.05) is 24.8 Å². The van der Waals surface area contributed by atoms with Crippen molar-refractivity contribution in [3.05, 3.63) is 18.0 Å². The van der Waals surface area contributed by atoms with Gasteiger partial charge in [-0.05, 0) is 33.3 Å². The van der Waals surface area contributed by atoms with Crippen molar-refractivity contribution in [3.63, 3.8) is 0 Å². The third-order valence-corrected chi connectivity index (χ3v) is 2.74. The Morgan fingerprint density at radius 2 is 2.00 bits per heavy atom. The van der Waals surface area contributed by atoms with Crippen molar-refractivity contribution in [1.29, 1.82) is 0 Å². The summed E-state index contributed by atoms with van der Waals surface area (Å²) in [5.41, 5.74) is 1.29. The van der Waals surface area contributed by atoms with Gasteiger partial charge in [-0.25, -0.2) is 0 Å². The number of unbranched alkanes of at least 4 members (excludes halogenated alkanes) is 3. The van der Waals surface area contributed by atoms with Gasteiger partial charge in [0.15, 0.2) is 0 Å². The maximum Gasteiger partial charge on any atom is 0.0762 e. The Morgan fingerprint density at radius 3 is 2.65 bits per heavy atom. The van der Waals surface area contributed by atoms with Gasteiger partial charge in [0.25, 0.3) is 0 Å². The van der Waals surface area contributed by atoms with E-state index in [4.69, 9.17) is 0 Å². The Labute approximate surface area is 106 Å². The molecule has 0 radical (unpaired) electrons. The van der Waals surface area contributed by atoms with E-state index in [1.54, 1.807) is 0 Å². The van der Waals surface area contributed by atoms with Crippen molar-refractivity contribution >= 4 is 0 Å². The highest BCUT2D eigenvalue weighted by Crippen LogP contribution is 2.04. The predicted octanol–water partition coefficient (Wildman–Crippen LogP) is 3.35. The van der Waals surface area contributed by atoms with Crippen LogP contribution in [0.25, 0.3) is 0 Å². The molecule has 0 aromatic carbocycles. The minimum absolute atomic E-state index is 0.158. The Hall–Kier alpha value is -0.830. The van der Waals surface area contributed by atoms with Crippen molar-refractivity contribution in [2.24, 2.45) is 0 Å². The van der Waals surface area contributed by atoms with Crippen LogP contribution in [-0.2, 0) is 13.1 Å². The smallest absolute Gasteiger partial charge is 0.0762 e. The molecule has 1 N–H and O–H groups in total. The molecule has 0 bridgehead atoms. The Bertz CT molecular complexity index is 310. The van der Waals surface area contributed by atoms with Gasteiger partial charge in [-0.3, -0.25) is 4.68 Å². The molecular weight excluding hydrogens is 210 g/mol. The average Bonchev–Trinajstić information content (AvgIpc) is 2.69. The second kappa shape index (κ2) is 6.80. The van der Waals surface area contributed by atoms with Crippen LogP contribution in [0.1, 0.15) is 59.1 Å². The molecule has 17 heavy (non-hydrogen) atoms. The predicted molar refractivity (Wildman–Crippen MR) is 73.0 cm³/mol. The first kappa shape index (κ1) is 14.2. The van der Waals surface area contributed by atoms with E-state index in [0.29, 0.717) is 0 Å². The summed E-state index contributed by atoms with van der Waals surface area (Å²) in [6.07, 6.45) is 7.26. The van der Waals surface area contributed by atoms with Crippen LogP contribution in [0.5, 0.6) is 0 Å². The first-order chi connectivity index (χ1) is 8.01. The molecule has 1 aromatic heterocycles. The molecule has 1 aromatic rings. The molecule has 0 unspecified atom stereocenters. The molecule has 0 spiro atoms. The summed E-state index contributed by atoms with van der Waals surface area (Å²) in [6.45, 7) is 10.7. The van der Waals surface area contributed by atoms with E-state index in [2.05, 4.69) is 55.1 Å². The second-order valence-electron chi connectivity index (χ2n) is 5.73. The SMILES string of the molecule is CCCCCCn1ccc(CNC(C)(C)C)n1. The summed E-state index contributed by atoms with van der Waals surface area (Å²) in [5, 5.41) is 8.02. The molecule has 0 saturated heterocycles. The molecule has 0 atom stereocenters. The fourth-order valence-electron chi connectivity index (χ4n) is 1.68. The standard InChI is InChI=1S/C14H27N3/c1-5-6-7-8-10-17-11-9-13(16-17)12-15-14(2,3)4/h9,11,15H,5-8,10,12H2,1-4H3. The Balaban J connectivity index is 2.28. The first-order valence-electron chi connectivity index (χ1n) is 6.78. The summed E-state index contributed by atoms with van der Waals surface area (Å²) >= 11 is 0. The number of rotatable bonds is 7. The molecule has 0 aliphatic carbocycles. The van der Waals surface area contributed by atoms with Gasteiger partial charge < -0.3 is 5.32 Å². The highest BCUT2D eigenvalue weighted by atomic mass is 15.3. The van der Waals surface area contributed by atoms with Crippen molar-refractivity contribution in [2.75, 3.05) is 0 Å². The van der Waals surface area contributed by atoms with Crippen LogP contribution in [0.2, 0.25) is 0 Å². The summed E-state index contributed by atoms with van der Waals surface area (Å²) in [6, 6.07) is 2.11. The molecule has 0 aliphatic rings. The molecule has 0 amide bonds. The van der Waals surface area contributed by atoms with Gasteiger partial charge >= 0.3 is 0 Å². The van der Waals surface area contributed by atoms with Crippen LogP contribution in [0, 0.1) is 0 Å². The minimum Gasteiger partial charge on any atom is -0.306 e. The molecular formula is C14H27N3. The third kappa shape index (κ3) is 6.47. The van der Waals surface area contributed by atoms with Crippen molar-refractivity contribution in [3.8, 4) is 0 Å². The fraction of sp³-hybridized carbons (Fsp3) is 0.786. The highest BCUT2D eigenvalue weighted by Gasteiger charge is 2.09. The molecule has 1 rings (SSSR count). The lowest BCUT2D eigenvalue weighted by Crippen LogP contribution is -2.35. The average molecular weight is 237 g/mol. The van der Waals surface area contributed by atoms with Gasteiger partial charge in [-0.2, -0.15) is 5.10 Å². The van der Waals surface area contributed by atoms with Crippen LogP contribution in [0.15, 0.2) is 12.3 Å². The first-order valence-corrected chi connectivity index (χ1v) is 6.78. The number of aryl methyl sites for hydroxylation is 1. The minimum atomic E-state index is 0.158. The molecule has 1 heterocycles. The van der Waals surface area contributed by atoms with Gasteiger partial charge in [0.1, 0.15) is 0 Å². The van der Waals surface area contributed by atoms with Crippen molar-refractivity contribution < 1.29 is 0 Å². The van der Waals surface area contributed by atoms with Gasteiger partial charge in [0.2, 0.25) is 0 Å². The zero-order valence-electron chi connectivity index (χ0n) is 11.8. The van der Waals surface area contributed by atoms with Crippen LogP contribution >= 0.6 is 0 Å². The largest absolute Gasteiger partial charge is 0.306 e. The van der Waals surface area contributed by atoms with Crippen LogP contribution < -0.4 is 5.32 Å². The monoisotopic (exact) mass is 237 g/mol. The van der Waals surface area contributed by atoms with E-state index in [0.717, 1.165) is 18.8 Å². The topological polar surface area (TPSA) is 29.9 Å². The van der Waals surface area contributed by atoms with E-state index in [1.165, 1.54) is 25.7 Å². The lowest BCUT2D eigenvalue weighted by Gasteiger charge is -2.19. The van der Waals surface area contributed by atoms with Crippen molar-refractivity contribution in [2.45, 2.75) is 72.0 Å². The normalized spacial score (nSPS) is 12.0.